The quantitative estimate of drug-likeness (QED) is 0.728. The molecule has 27 heavy (non-hydrogen) atoms. The van der Waals surface area contributed by atoms with Gasteiger partial charge in [0.15, 0.2) is 0 Å². The smallest absolute Gasteiger partial charge is 0.270 e. The minimum atomic E-state index is -4.01. The maximum Gasteiger partial charge on any atom is 0.270 e. The minimum absolute atomic E-state index is 0.0980. The van der Waals surface area contributed by atoms with Crippen LogP contribution in [0.2, 0.25) is 0 Å². The second-order valence-electron chi connectivity index (χ2n) is 6.69. The molecule has 0 aromatic heterocycles. The first-order chi connectivity index (χ1) is 12.9. The van der Waals surface area contributed by atoms with Crippen molar-refractivity contribution in [1.29, 1.82) is 0 Å². The average molecular weight is 381 g/mol. The Morgan fingerprint density at radius 3 is 2.41 bits per heavy atom. The molecule has 1 heterocycles. The molecule has 1 aliphatic rings. The van der Waals surface area contributed by atoms with Gasteiger partial charge in [0, 0.05) is 12.3 Å². The lowest BCUT2D eigenvalue weighted by Gasteiger charge is -2.23. The fourth-order valence-electron chi connectivity index (χ4n) is 3.55. The summed E-state index contributed by atoms with van der Waals surface area (Å²) >= 11 is 0. The average Bonchev–Trinajstić information content (AvgIpc) is 2.75. The van der Waals surface area contributed by atoms with E-state index in [0.717, 1.165) is 15.4 Å². The highest BCUT2D eigenvalue weighted by Crippen LogP contribution is 2.41. The number of hydrogen-bond donors (Lipinski definition) is 0. The maximum atomic E-state index is 13.3. The van der Waals surface area contributed by atoms with Gasteiger partial charge in [-0.25, -0.2) is 12.7 Å². The van der Waals surface area contributed by atoms with Crippen molar-refractivity contribution in [2.75, 3.05) is 4.31 Å². The summed E-state index contributed by atoms with van der Waals surface area (Å²) in [4.78, 5) is 13.2. The van der Waals surface area contributed by atoms with Crippen molar-refractivity contribution < 1.29 is 13.2 Å². The van der Waals surface area contributed by atoms with Crippen molar-refractivity contribution in [1.82, 2.24) is 0 Å². The molecule has 2 aromatic rings. The van der Waals surface area contributed by atoms with Gasteiger partial charge in [-0.3, -0.25) is 4.79 Å². The number of anilines is 1. The van der Waals surface area contributed by atoms with Crippen LogP contribution >= 0.6 is 0 Å². The van der Waals surface area contributed by atoms with Crippen LogP contribution in [0.4, 0.5) is 5.69 Å². The minimum Gasteiger partial charge on any atom is -0.273 e. The molecule has 1 amide bonds. The van der Waals surface area contributed by atoms with Crippen molar-refractivity contribution in [3.63, 3.8) is 0 Å². The van der Waals surface area contributed by atoms with Crippen LogP contribution in [-0.4, -0.2) is 14.3 Å². The second kappa shape index (κ2) is 7.53. The molecular weight excluding hydrogens is 358 g/mol. The van der Waals surface area contributed by atoms with E-state index in [0.29, 0.717) is 5.69 Å². The van der Waals surface area contributed by atoms with Crippen LogP contribution in [0.1, 0.15) is 30.4 Å². The van der Waals surface area contributed by atoms with Gasteiger partial charge in [-0.1, -0.05) is 54.1 Å². The standard InChI is InChI=1S/C22H23NO3S/c1-4-8-17-15-22(24)23(21-10-7-6-9-20(21)19(17)5-2)27(25,26)18-13-11-16(3)12-14-18/h4-14,17,19H,2,15H2,1,3H3/b8-4+/t17-,19?/m0/s1. The number of rotatable bonds is 4. The van der Waals surface area contributed by atoms with Gasteiger partial charge in [-0.15, -0.1) is 6.58 Å². The van der Waals surface area contributed by atoms with Gasteiger partial charge < -0.3 is 0 Å². The van der Waals surface area contributed by atoms with Crippen LogP contribution in [0.5, 0.6) is 0 Å². The van der Waals surface area contributed by atoms with E-state index in [1.807, 2.05) is 38.1 Å². The van der Waals surface area contributed by atoms with Crippen LogP contribution in [0.25, 0.3) is 0 Å². The first kappa shape index (κ1) is 19.1. The van der Waals surface area contributed by atoms with Crippen molar-refractivity contribution in [2.24, 2.45) is 5.92 Å². The summed E-state index contributed by atoms with van der Waals surface area (Å²) in [6.45, 7) is 7.70. The van der Waals surface area contributed by atoms with Crippen molar-refractivity contribution in [2.45, 2.75) is 31.1 Å². The van der Waals surface area contributed by atoms with Gasteiger partial charge in [0.05, 0.1) is 10.6 Å². The number of para-hydroxylation sites is 1. The van der Waals surface area contributed by atoms with E-state index in [4.69, 9.17) is 0 Å². The predicted molar refractivity (Wildman–Crippen MR) is 108 cm³/mol. The molecular formula is C22H23NO3S. The fourth-order valence-corrected chi connectivity index (χ4v) is 5.01. The Morgan fingerprint density at radius 1 is 1.11 bits per heavy atom. The highest BCUT2D eigenvalue weighted by molar-refractivity contribution is 7.93. The second-order valence-corrected chi connectivity index (χ2v) is 8.48. The summed E-state index contributed by atoms with van der Waals surface area (Å²) in [5.74, 6) is -0.714. The number of benzene rings is 2. The summed E-state index contributed by atoms with van der Waals surface area (Å²) in [6.07, 6.45) is 5.73. The lowest BCUT2D eigenvalue weighted by molar-refractivity contribution is -0.117. The Balaban J connectivity index is 2.22. The van der Waals surface area contributed by atoms with Gasteiger partial charge in [0.25, 0.3) is 10.0 Å². The number of amides is 1. The molecule has 4 nitrogen and oxygen atoms in total. The van der Waals surface area contributed by atoms with Gasteiger partial charge in [0.2, 0.25) is 5.91 Å². The molecule has 0 saturated carbocycles. The van der Waals surface area contributed by atoms with Crippen molar-refractivity contribution in [3.05, 3.63) is 84.5 Å². The molecule has 0 spiro atoms. The molecule has 0 bridgehead atoms. The maximum absolute atomic E-state index is 13.3. The summed E-state index contributed by atoms with van der Waals surface area (Å²) in [5, 5.41) is 0. The SMILES string of the molecule is C=CC1c2ccccc2N(S(=O)(=O)c2ccc(C)cc2)C(=O)C[C@@H]1/C=C/C. The van der Waals surface area contributed by atoms with Crippen LogP contribution in [-0.2, 0) is 14.8 Å². The number of fused-ring (bicyclic) bond motifs is 1. The molecule has 5 heteroatoms. The van der Waals surface area contributed by atoms with E-state index in [1.165, 1.54) is 0 Å². The number of carbonyl (C=O) groups is 1. The number of sulfonamides is 1. The number of carbonyl (C=O) groups excluding carboxylic acids is 1. The molecule has 0 saturated heterocycles. The van der Waals surface area contributed by atoms with E-state index in [9.17, 15) is 13.2 Å². The molecule has 3 rings (SSSR count). The number of allylic oxidation sites excluding steroid dienone is 3. The van der Waals surface area contributed by atoms with Gasteiger partial charge >= 0.3 is 0 Å². The van der Waals surface area contributed by atoms with Crippen molar-refractivity contribution >= 4 is 21.6 Å². The normalized spacial score (nSPS) is 20.4. The molecule has 1 aliphatic heterocycles. The van der Waals surface area contributed by atoms with Crippen LogP contribution in [0, 0.1) is 12.8 Å². The molecule has 1 unspecified atom stereocenters. The lowest BCUT2D eigenvalue weighted by atomic mass is 9.84. The monoisotopic (exact) mass is 381 g/mol. The van der Waals surface area contributed by atoms with E-state index in [1.54, 1.807) is 42.5 Å². The zero-order valence-electron chi connectivity index (χ0n) is 15.5. The van der Waals surface area contributed by atoms with E-state index < -0.39 is 15.9 Å². The Bertz CT molecular complexity index is 990. The molecule has 0 N–H and O–H groups in total. The third-order valence-electron chi connectivity index (χ3n) is 4.87. The zero-order chi connectivity index (χ0) is 19.6. The van der Waals surface area contributed by atoms with E-state index in [-0.39, 0.29) is 23.2 Å². The summed E-state index contributed by atoms with van der Waals surface area (Å²) in [6, 6.07) is 13.7. The molecule has 140 valence electrons. The molecule has 2 aromatic carbocycles. The Hall–Kier alpha value is -2.66. The predicted octanol–water partition coefficient (Wildman–Crippen LogP) is 4.58. The summed E-state index contributed by atoms with van der Waals surface area (Å²) in [7, 11) is -4.01. The fraction of sp³-hybridized carbons (Fsp3) is 0.227. The molecule has 2 atom stereocenters. The number of hydrogen-bond acceptors (Lipinski definition) is 3. The van der Waals surface area contributed by atoms with E-state index in [2.05, 4.69) is 6.58 Å². The van der Waals surface area contributed by atoms with E-state index >= 15 is 0 Å². The Labute approximate surface area is 160 Å². The van der Waals surface area contributed by atoms with Crippen LogP contribution < -0.4 is 4.31 Å². The first-order valence-corrected chi connectivity index (χ1v) is 10.3. The number of nitrogens with zero attached hydrogens (tertiary/aromatic N) is 1. The highest BCUT2D eigenvalue weighted by atomic mass is 32.2. The zero-order valence-corrected chi connectivity index (χ0v) is 16.3. The molecule has 0 radical (unpaired) electrons. The first-order valence-electron chi connectivity index (χ1n) is 8.89. The third-order valence-corrected chi connectivity index (χ3v) is 6.61. The topological polar surface area (TPSA) is 54.5 Å². The van der Waals surface area contributed by atoms with Crippen LogP contribution in [0.15, 0.2) is 78.2 Å². The van der Waals surface area contributed by atoms with Crippen LogP contribution in [0.3, 0.4) is 0 Å². The third kappa shape index (κ3) is 3.47. The molecule has 0 aliphatic carbocycles. The molecule has 0 fully saturated rings. The summed E-state index contributed by atoms with van der Waals surface area (Å²) < 4.78 is 27.7. The number of aryl methyl sites for hydroxylation is 1. The largest absolute Gasteiger partial charge is 0.273 e. The highest BCUT2D eigenvalue weighted by Gasteiger charge is 2.38. The van der Waals surface area contributed by atoms with Gasteiger partial charge in [-0.05, 0) is 43.5 Å². The van der Waals surface area contributed by atoms with Gasteiger partial charge in [0.1, 0.15) is 0 Å². The Kier molecular flexibility index (Phi) is 5.33. The summed E-state index contributed by atoms with van der Waals surface area (Å²) in [5.41, 5.74) is 2.15. The van der Waals surface area contributed by atoms with Gasteiger partial charge in [-0.2, -0.15) is 0 Å². The lowest BCUT2D eigenvalue weighted by Crippen LogP contribution is -2.37. The van der Waals surface area contributed by atoms with Crippen molar-refractivity contribution in [3.8, 4) is 0 Å². The Morgan fingerprint density at radius 2 is 1.78 bits per heavy atom.